The molecule has 0 N–H and O–H groups in total. The van der Waals surface area contributed by atoms with E-state index in [1.807, 2.05) is 12.1 Å². The minimum atomic E-state index is -3.51. The Bertz CT molecular complexity index is 748. The standard InChI is InChI=1S/C19H30N2O5S/c1-20-19(14-10-11-16(24-3)17(12-14)25-4)18(13-26-20)27(22,23)21(2)15-8-6-5-7-9-15/h10-12,15,18-19H,5-9,13H2,1-4H3/t18-,19+/m1/s1. The molecule has 152 valence electrons. The molecule has 1 heterocycles. The molecule has 2 atom stereocenters. The topological polar surface area (TPSA) is 68.3 Å². The van der Waals surface area contributed by atoms with E-state index < -0.39 is 21.3 Å². The van der Waals surface area contributed by atoms with E-state index in [1.54, 1.807) is 43.7 Å². The Kier molecular flexibility index (Phi) is 6.30. The Balaban J connectivity index is 1.90. The Morgan fingerprint density at radius 2 is 1.78 bits per heavy atom. The zero-order chi connectivity index (χ0) is 19.6. The lowest BCUT2D eigenvalue weighted by molar-refractivity contribution is -0.110. The fourth-order valence-corrected chi connectivity index (χ4v) is 6.11. The molecule has 0 unspecified atom stereocenters. The van der Waals surface area contributed by atoms with Gasteiger partial charge in [0, 0.05) is 20.1 Å². The van der Waals surface area contributed by atoms with Crippen molar-refractivity contribution in [1.82, 2.24) is 9.37 Å². The SMILES string of the molecule is COc1ccc([C@H]2[C@H](S(=O)(=O)N(C)C3CCCCC3)CON2C)cc1OC. The summed E-state index contributed by atoms with van der Waals surface area (Å²) >= 11 is 0. The monoisotopic (exact) mass is 398 g/mol. The van der Waals surface area contributed by atoms with Gasteiger partial charge in [-0.2, -0.15) is 5.06 Å². The molecule has 0 bridgehead atoms. The van der Waals surface area contributed by atoms with Crippen LogP contribution in [0.15, 0.2) is 18.2 Å². The first kappa shape index (κ1) is 20.4. The molecule has 0 radical (unpaired) electrons. The third-order valence-electron chi connectivity index (χ3n) is 5.81. The fraction of sp³-hybridized carbons (Fsp3) is 0.684. The second-order valence-electron chi connectivity index (χ2n) is 7.29. The number of hydroxylamine groups is 2. The van der Waals surface area contributed by atoms with Crippen LogP contribution in [0.3, 0.4) is 0 Å². The summed E-state index contributed by atoms with van der Waals surface area (Å²) in [7, 11) is 3.13. The molecule has 1 aromatic rings. The van der Waals surface area contributed by atoms with Crippen molar-refractivity contribution in [1.29, 1.82) is 0 Å². The molecule has 8 heteroatoms. The molecular formula is C19H30N2O5S. The van der Waals surface area contributed by atoms with Crippen LogP contribution in [-0.2, 0) is 14.9 Å². The summed E-state index contributed by atoms with van der Waals surface area (Å²) in [5.74, 6) is 1.19. The molecule has 1 aromatic carbocycles. The normalized spacial score (nSPS) is 25.1. The molecule has 1 saturated carbocycles. The Morgan fingerprint density at radius 3 is 2.41 bits per heavy atom. The van der Waals surface area contributed by atoms with Gasteiger partial charge in [-0.25, -0.2) is 12.7 Å². The van der Waals surface area contributed by atoms with Crippen molar-refractivity contribution in [3.8, 4) is 11.5 Å². The van der Waals surface area contributed by atoms with Gasteiger partial charge in [-0.15, -0.1) is 0 Å². The molecular weight excluding hydrogens is 368 g/mol. The number of methoxy groups -OCH3 is 2. The first-order valence-corrected chi connectivity index (χ1v) is 10.9. The minimum absolute atomic E-state index is 0.0840. The summed E-state index contributed by atoms with van der Waals surface area (Å²) in [5, 5.41) is 0.977. The number of ether oxygens (including phenoxy) is 2. The van der Waals surface area contributed by atoms with Gasteiger partial charge in [0.1, 0.15) is 5.25 Å². The predicted octanol–water partition coefficient (Wildman–Crippen LogP) is 2.58. The molecule has 0 aromatic heterocycles. The molecule has 0 spiro atoms. The summed E-state index contributed by atoms with van der Waals surface area (Å²) < 4.78 is 39.1. The predicted molar refractivity (Wildman–Crippen MR) is 103 cm³/mol. The van der Waals surface area contributed by atoms with Gasteiger partial charge < -0.3 is 9.47 Å². The zero-order valence-electron chi connectivity index (χ0n) is 16.6. The maximum atomic E-state index is 13.4. The van der Waals surface area contributed by atoms with Gasteiger partial charge in [-0.05, 0) is 30.5 Å². The summed E-state index contributed by atoms with van der Waals surface area (Å²) in [6.45, 7) is 0.148. The van der Waals surface area contributed by atoms with E-state index in [0.29, 0.717) is 11.5 Å². The van der Waals surface area contributed by atoms with Crippen molar-refractivity contribution >= 4 is 10.0 Å². The van der Waals surface area contributed by atoms with E-state index >= 15 is 0 Å². The van der Waals surface area contributed by atoms with Gasteiger partial charge in [0.2, 0.25) is 10.0 Å². The molecule has 1 saturated heterocycles. The lowest BCUT2D eigenvalue weighted by Gasteiger charge is -2.33. The summed E-state index contributed by atoms with van der Waals surface area (Å²) in [6.07, 6.45) is 5.23. The van der Waals surface area contributed by atoms with Crippen molar-refractivity contribution in [2.24, 2.45) is 0 Å². The van der Waals surface area contributed by atoms with Crippen LogP contribution in [0, 0.1) is 0 Å². The molecule has 3 rings (SSSR count). The van der Waals surface area contributed by atoms with E-state index in [-0.39, 0.29) is 12.6 Å². The number of sulfonamides is 1. The third-order valence-corrected chi connectivity index (χ3v) is 8.07. The second kappa shape index (κ2) is 8.34. The highest BCUT2D eigenvalue weighted by molar-refractivity contribution is 7.89. The molecule has 7 nitrogen and oxygen atoms in total. The average molecular weight is 399 g/mol. The van der Waals surface area contributed by atoms with Crippen LogP contribution in [0.5, 0.6) is 11.5 Å². The molecule has 2 fully saturated rings. The van der Waals surface area contributed by atoms with Gasteiger partial charge in [-0.3, -0.25) is 4.84 Å². The average Bonchev–Trinajstić information content (AvgIpc) is 3.09. The van der Waals surface area contributed by atoms with Crippen LogP contribution in [0.25, 0.3) is 0 Å². The summed E-state index contributed by atoms with van der Waals surface area (Å²) in [6, 6.07) is 5.19. The summed E-state index contributed by atoms with van der Waals surface area (Å²) in [4.78, 5) is 5.64. The molecule has 27 heavy (non-hydrogen) atoms. The lowest BCUT2D eigenvalue weighted by Crippen LogP contribution is -2.45. The van der Waals surface area contributed by atoms with Crippen LogP contribution >= 0.6 is 0 Å². The van der Waals surface area contributed by atoms with Gasteiger partial charge in [0.15, 0.2) is 11.5 Å². The van der Waals surface area contributed by atoms with Crippen LogP contribution in [-0.4, -0.2) is 64.0 Å². The van der Waals surface area contributed by atoms with E-state index in [1.165, 1.54) is 6.42 Å². The highest BCUT2D eigenvalue weighted by Crippen LogP contribution is 2.39. The maximum absolute atomic E-state index is 13.4. The van der Waals surface area contributed by atoms with Crippen LogP contribution < -0.4 is 9.47 Å². The van der Waals surface area contributed by atoms with E-state index in [4.69, 9.17) is 14.3 Å². The molecule has 1 aliphatic carbocycles. The largest absolute Gasteiger partial charge is 0.493 e. The van der Waals surface area contributed by atoms with Gasteiger partial charge >= 0.3 is 0 Å². The highest BCUT2D eigenvalue weighted by Gasteiger charge is 2.46. The number of rotatable bonds is 6. The lowest BCUT2D eigenvalue weighted by atomic mass is 9.96. The van der Waals surface area contributed by atoms with E-state index in [0.717, 1.165) is 31.2 Å². The van der Waals surface area contributed by atoms with Gasteiger partial charge in [0.25, 0.3) is 0 Å². The smallest absolute Gasteiger partial charge is 0.221 e. The quantitative estimate of drug-likeness (QED) is 0.734. The van der Waals surface area contributed by atoms with Crippen LogP contribution in [0.2, 0.25) is 0 Å². The number of hydrogen-bond donors (Lipinski definition) is 0. The third kappa shape index (κ3) is 3.94. The van der Waals surface area contributed by atoms with Gasteiger partial charge in [0.05, 0.1) is 26.9 Å². The molecule has 1 aliphatic heterocycles. The van der Waals surface area contributed by atoms with Crippen molar-refractivity contribution < 1.29 is 22.7 Å². The first-order chi connectivity index (χ1) is 12.9. The number of benzene rings is 1. The highest BCUT2D eigenvalue weighted by atomic mass is 32.2. The Labute approximate surface area is 162 Å². The van der Waals surface area contributed by atoms with Crippen LogP contribution in [0.1, 0.15) is 43.7 Å². The van der Waals surface area contributed by atoms with Crippen molar-refractivity contribution in [3.05, 3.63) is 23.8 Å². The minimum Gasteiger partial charge on any atom is -0.493 e. The van der Waals surface area contributed by atoms with Crippen molar-refractivity contribution in [2.45, 2.75) is 49.4 Å². The van der Waals surface area contributed by atoms with Crippen LogP contribution in [0.4, 0.5) is 0 Å². The second-order valence-corrected chi connectivity index (χ2v) is 9.50. The number of hydrogen-bond acceptors (Lipinski definition) is 6. The van der Waals surface area contributed by atoms with Crippen molar-refractivity contribution in [3.63, 3.8) is 0 Å². The van der Waals surface area contributed by atoms with E-state index in [9.17, 15) is 8.42 Å². The molecule has 2 aliphatic rings. The Morgan fingerprint density at radius 1 is 1.11 bits per heavy atom. The van der Waals surface area contributed by atoms with Crippen molar-refractivity contribution in [2.75, 3.05) is 34.9 Å². The maximum Gasteiger partial charge on any atom is 0.221 e. The first-order valence-electron chi connectivity index (χ1n) is 9.44. The summed E-state index contributed by atoms with van der Waals surface area (Å²) in [5.41, 5.74) is 0.832. The molecule has 0 amide bonds. The van der Waals surface area contributed by atoms with Gasteiger partial charge in [-0.1, -0.05) is 25.3 Å². The Hall–Kier alpha value is -1.35. The zero-order valence-corrected chi connectivity index (χ0v) is 17.4. The van der Waals surface area contributed by atoms with E-state index in [2.05, 4.69) is 0 Å². The number of nitrogens with zero attached hydrogens (tertiary/aromatic N) is 2. The fourth-order valence-electron chi connectivity index (χ4n) is 4.17.